The molecule has 0 aliphatic rings. The molecule has 0 aliphatic heterocycles. The van der Waals surface area contributed by atoms with Crippen molar-refractivity contribution in [3.05, 3.63) is 79.0 Å². The van der Waals surface area contributed by atoms with E-state index in [0.29, 0.717) is 0 Å². The molecular formula is C20H16N2OSe. The van der Waals surface area contributed by atoms with Gasteiger partial charge in [0.25, 0.3) is 0 Å². The molecule has 0 saturated heterocycles. The number of hydrogen-bond donors (Lipinski definition) is 0. The average Bonchev–Trinajstić information content (AvgIpc) is 3.01. The third-order valence-electron chi connectivity index (χ3n) is 3.79. The molecular weight excluding hydrogens is 363 g/mol. The van der Waals surface area contributed by atoms with Gasteiger partial charge in [-0.05, 0) is 0 Å². The molecule has 0 atom stereocenters. The number of ether oxygens (including phenoxy) is 1. The van der Waals surface area contributed by atoms with E-state index in [4.69, 9.17) is 9.72 Å². The van der Waals surface area contributed by atoms with Crippen LogP contribution in [-0.2, 0) is 0 Å². The number of benzene rings is 2. The Kier molecular flexibility index (Phi) is 4.08. The zero-order valence-corrected chi connectivity index (χ0v) is 14.9. The molecule has 0 unspecified atom stereocenters. The Morgan fingerprint density at radius 3 is 2.29 bits per heavy atom. The molecule has 0 fully saturated rings. The molecule has 0 N–H and O–H groups in total. The van der Waals surface area contributed by atoms with Crippen LogP contribution in [0.25, 0.3) is 16.9 Å². The van der Waals surface area contributed by atoms with Gasteiger partial charge in [0.15, 0.2) is 0 Å². The number of pyridine rings is 1. The normalized spacial score (nSPS) is 10.9. The van der Waals surface area contributed by atoms with Gasteiger partial charge in [0, 0.05) is 0 Å². The molecule has 0 saturated carbocycles. The minimum absolute atomic E-state index is 0.151. The number of nitrogens with zero attached hydrogens (tertiary/aromatic N) is 2. The topological polar surface area (TPSA) is 26.5 Å². The van der Waals surface area contributed by atoms with Crippen LogP contribution in [0.3, 0.4) is 0 Å². The predicted octanol–water partition coefficient (Wildman–Crippen LogP) is 2.66. The summed E-state index contributed by atoms with van der Waals surface area (Å²) in [4.78, 5) is 4.88. The van der Waals surface area contributed by atoms with E-state index in [1.54, 1.807) is 7.11 Å². The Morgan fingerprint density at radius 1 is 0.875 bits per heavy atom. The van der Waals surface area contributed by atoms with Gasteiger partial charge in [0.05, 0.1) is 0 Å². The van der Waals surface area contributed by atoms with Crippen LogP contribution in [0.1, 0.15) is 0 Å². The SMILES string of the molecule is COc1ccc2nc(-c3ccccc3)c([Se]c3ccccc3)n2c1. The van der Waals surface area contributed by atoms with E-state index in [1.807, 2.05) is 24.4 Å². The maximum atomic E-state index is 5.40. The van der Waals surface area contributed by atoms with Crippen LogP contribution >= 0.6 is 0 Å². The van der Waals surface area contributed by atoms with E-state index in [-0.39, 0.29) is 15.0 Å². The molecule has 0 bridgehead atoms. The van der Waals surface area contributed by atoms with Crippen molar-refractivity contribution >= 4 is 29.7 Å². The molecule has 0 spiro atoms. The number of fused-ring (bicyclic) bond motifs is 1. The monoisotopic (exact) mass is 380 g/mol. The van der Waals surface area contributed by atoms with Gasteiger partial charge in [-0.3, -0.25) is 0 Å². The van der Waals surface area contributed by atoms with E-state index in [9.17, 15) is 0 Å². The van der Waals surface area contributed by atoms with Gasteiger partial charge < -0.3 is 0 Å². The zero-order valence-electron chi connectivity index (χ0n) is 13.2. The Labute approximate surface area is 147 Å². The molecule has 0 aliphatic carbocycles. The summed E-state index contributed by atoms with van der Waals surface area (Å²) in [5.41, 5.74) is 3.14. The van der Waals surface area contributed by atoms with E-state index in [2.05, 4.69) is 59.0 Å². The van der Waals surface area contributed by atoms with Crippen molar-refractivity contribution in [2.24, 2.45) is 0 Å². The van der Waals surface area contributed by atoms with E-state index in [1.165, 1.54) is 9.05 Å². The van der Waals surface area contributed by atoms with Crippen molar-refractivity contribution < 1.29 is 4.74 Å². The summed E-state index contributed by atoms with van der Waals surface area (Å²) in [6.07, 6.45) is 2.02. The van der Waals surface area contributed by atoms with Gasteiger partial charge in [-0.25, -0.2) is 0 Å². The summed E-state index contributed by atoms with van der Waals surface area (Å²) >= 11 is 0.151. The standard InChI is InChI=1S/C20H16N2OSe/c1-23-16-12-13-18-21-19(15-8-4-2-5-9-15)20(22(18)14-16)24-17-10-6-3-7-11-17/h2-14H,1H3. The fourth-order valence-electron chi connectivity index (χ4n) is 2.61. The Bertz CT molecular complexity index is 965. The summed E-state index contributed by atoms with van der Waals surface area (Å²) in [5.74, 6) is 0.838. The quantitative estimate of drug-likeness (QED) is 0.510. The van der Waals surface area contributed by atoms with Crippen molar-refractivity contribution in [2.75, 3.05) is 7.11 Å². The summed E-state index contributed by atoms with van der Waals surface area (Å²) in [6, 6.07) is 24.9. The Hall–Kier alpha value is -2.55. The molecule has 0 amide bonds. The summed E-state index contributed by atoms with van der Waals surface area (Å²) in [5, 5.41) is 0. The molecule has 4 aromatic rings. The van der Waals surface area contributed by atoms with Gasteiger partial charge in [-0.2, -0.15) is 0 Å². The van der Waals surface area contributed by atoms with Crippen LogP contribution < -0.4 is 13.8 Å². The average molecular weight is 379 g/mol. The van der Waals surface area contributed by atoms with E-state index < -0.39 is 0 Å². The van der Waals surface area contributed by atoms with Crippen LogP contribution in [0.2, 0.25) is 0 Å². The number of imidazole rings is 1. The van der Waals surface area contributed by atoms with Crippen LogP contribution in [0.15, 0.2) is 79.0 Å². The molecule has 24 heavy (non-hydrogen) atoms. The number of aromatic nitrogens is 2. The second-order valence-corrected chi connectivity index (χ2v) is 7.57. The molecule has 3 nitrogen and oxygen atoms in total. The van der Waals surface area contributed by atoms with Gasteiger partial charge in [0.2, 0.25) is 0 Å². The van der Waals surface area contributed by atoms with E-state index >= 15 is 0 Å². The van der Waals surface area contributed by atoms with Crippen molar-refractivity contribution in [3.8, 4) is 17.0 Å². The summed E-state index contributed by atoms with van der Waals surface area (Å²) < 4.78 is 10.1. The first-order valence-electron chi connectivity index (χ1n) is 7.69. The van der Waals surface area contributed by atoms with Crippen LogP contribution in [0, 0.1) is 0 Å². The summed E-state index contributed by atoms with van der Waals surface area (Å²) in [6.45, 7) is 0. The molecule has 0 radical (unpaired) electrons. The van der Waals surface area contributed by atoms with Crippen LogP contribution in [-0.4, -0.2) is 31.5 Å². The third kappa shape index (κ3) is 2.82. The summed E-state index contributed by atoms with van der Waals surface area (Å²) in [7, 11) is 1.69. The van der Waals surface area contributed by atoms with Crippen molar-refractivity contribution in [2.45, 2.75) is 0 Å². The molecule has 4 rings (SSSR count). The molecule has 2 heterocycles. The van der Waals surface area contributed by atoms with Gasteiger partial charge in [0.1, 0.15) is 0 Å². The maximum absolute atomic E-state index is 5.40. The molecule has 2 aromatic heterocycles. The first-order valence-corrected chi connectivity index (χ1v) is 9.41. The molecule has 118 valence electrons. The Morgan fingerprint density at radius 2 is 1.58 bits per heavy atom. The minimum atomic E-state index is 0.151. The number of methoxy groups -OCH3 is 1. The predicted molar refractivity (Wildman–Crippen MR) is 98.6 cm³/mol. The fourth-order valence-corrected chi connectivity index (χ4v) is 4.75. The first-order chi connectivity index (χ1) is 11.8. The zero-order chi connectivity index (χ0) is 16.4. The second-order valence-electron chi connectivity index (χ2n) is 5.34. The van der Waals surface area contributed by atoms with Crippen molar-refractivity contribution in [1.29, 1.82) is 0 Å². The van der Waals surface area contributed by atoms with Crippen molar-refractivity contribution in [3.63, 3.8) is 0 Å². The molecule has 4 heteroatoms. The second kappa shape index (κ2) is 6.52. The number of rotatable bonds is 4. The van der Waals surface area contributed by atoms with Crippen LogP contribution in [0.5, 0.6) is 5.75 Å². The van der Waals surface area contributed by atoms with Crippen LogP contribution in [0.4, 0.5) is 0 Å². The number of hydrogen-bond acceptors (Lipinski definition) is 2. The third-order valence-corrected chi connectivity index (χ3v) is 6.08. The fraction of sp³-hybridized carbons (Fsp3) is 0.0500. The Balaban J connectivity index is 1.92. The van der Waals surface area contributed by atoms with Gasteiger partial charge in [-0.15, -0.1) is 0 Å². The van der Waals surface area contributed by atoms with E-state index in [0.717, 1.165) is 22.7 Å². The van der Waals surface area contributed by atoms with Gasteiger partial charge in [-0.1, -0.05) is 0 Å². The van der Waals surface area contributed by atoms with Crippen molar-refractivity contribution in [1.82, 2.24) is 9.38 Å². The van der Waals surface area contributed by atoms with Gasteiger partial charge >= 0.3 is 147 Å². The first kappa shape index (κ1) is 15.0. The molecule has 2 aromatic carbocycles.